The minimum Gasteiger partial charge on any atom is -0.472 e. The summed E-state index contributed by atoms with van der Waals surface area (Å²) in [6, 6.07) is 2.86. The van der Waals surface area contributed by atoms with E-state index in [1.165, 1.54) is 18.3 Å². The largest absolute Gasteiger partial charge is 0.472 e. The molecule has 1 saturated carbocycles. The quantitative estimate of drug-likeness (QED) is 0.797. The van der Waals surface area contributed by atoms with Crippen molar-refractivity contribution in [1.29, 1.82) is 0 Å². The predicted molar refractivity (Wildman–Crippen MR) is 59.2 cm³/mol. The normalized spacial score (nSPS) is 35.9. The van der Waals surface area contributed by atoms with E-state index in [4.69, 9.17) is 4.74 Å². The Labute approximate surface area is 98.8 Å². The number of hydrogen-bond donors (Lipinski definition) is 2. The summed E-state index contributed by atoms with van der Waals surface area (Å²) in [5.41, 5.74) is -0.685. The standard InChI is InChI=1S/C12H15FN2O2/c13-10-2-1-3-15-11(10)17-9-4-8-6-14-7-12(8,16)5-9/h1-3,8-9,14,16H,4-7H2/t8-,9+,12-/m0/s1. The predicted octanol–water partition coefficient (Wildman–Crippen LogP) is 0.712. The maximum Gasteiger partial charge on any atom is 0.250 e. The van der Waals surface area contributed by atoms with Gasteiger partial charge in [0.05, 0.1) is 5.60 Å². The van der Waals surface area contributed by atoms with Crippen molar-refractivity contribution in [3.8, 4) is 5.88 Å². The molecule has 1 aliphatic heterocycles. The number of nitrogens with one attached hydrogen (secondary N) is 1. The van der Waals surface area contributed by atoms with Gasteiger partial charge in [0.15, 0.2) is 5.82 Å². The van der Waals surface area contributed by atoms with Crippen molar-refractivity contribution in [2.75, 3.05) is 13.1 Å². The average Bonchev–Trinajstić information content (AvgIpc) is 2.76. The van der Waals surface area contributed by atoms with Gasteiger partial charge < -0.3 is 15.2 Å². The first-order chi connectivity index (χ1) is 8.17. The monoisotopic (exact) mass is 238 g/mol. The summed E-state index contributed by atoms with van der Waals surface area (Å²) in [5.74, 6) is -0.206. The highest BCUT2D eigenvalue weighted by molar-refractivity contribution is 5.14. The Bertz CT molecular complexity index is 429. The van der Waals surface area contributed by atoms with Crippen LogP contribution in [0.5, 0.6) is 5.88 Å². The molecule has 0 unspecified atom stereocenters. The zero-order chi connectivity index (χ0) is 11.9. The van der Waals surface area contributed by atoms with Gasteiger partial charge in [-0.15, -0.1) is 0 Å². The van der Waals surface area contributed by atoms with Crippen LogP contribution in [0.4, 0.5) is 4.39 Å². The third-order valence-electron chi connectivity index (χ3n) is 3.71. The van der Waals surface area contributed by atoms with E-state index >= 15 is 0 Å². The summed E-state index contributed by atoms with van der Waals surface area (Å²) in [6.45, 7) is 1.41. The van der Waals surface area contributed by atoms with Crippen molar-refractivity contribution in [2.24, 2.45) is 5.92 Å². The summed E-state index contributed by atoms with van der Waals surface area (Å²) in [5, 5.41) is 13.5. The van der Waals surface area contributed by atoms with Gasteiger partial charge in [-0.2, -0.15) is 0 Å². The van der Waals surface area contributed by atoms with Crippen LogP contribution in [0.15, 0.2) is 18.3 Å². The SMILES string of the molecule is O[C@@]12CNC[C@@H]1C[C@@H](Oc1ncccc1F)C2. The Morgan fingerprint density at radius 2 is 2.47 bits per heavy atom. The molecule has 2 aliphatic rings. The van der Waals surface area contributed by atoms with Gasteiger partial charge in [-0.3, -0.25) is 0 Å². The van der Waals surface area contributed by atoms with Crippen LogP contribution < -0.4 is 10.1 Å². The van der Waals surface area contributed by atoms with Gasteiger partial charge in [0.25, 0.3) is 5.88 Å². The molecule has 1 aliphatic carbocycles. The number of aliphatic hydroxyl groups is 1. The Morgan fingerprint density at radius 1 is 1.59 bits per heavy atom. The zero-order valence-corrected chi connectivity index (χ0v) is 9.40. The molecule has 1 aromatic heterocycles. The number of ether oxygens (including phenoxy) is 1. The first-order valence-electron chi connectivity index (χ1n) is 5.88. The van der Waals surface area contributed by atoms with Crippen LogP contribution in [0.1, 0.15) is 12.8 Å². The summed E-state index contributed by atoms with van der Waals surface area (Å²) >= 11 is 0. The van der Waals surface area contributed by atoms with Crippen LogP contribution in [-0.4, -0.2) is 34.9 Å². The van der Waals surface area contributed by atoms with Gasteiger partial charge in [0, 0.05) is 31.6 Å². The Morgan fingerprint density at radius 3 is 3.24 bits per heavy atom. The average molecular weight is 238 g/mol. The van der Waals surface area contributed by atoms with Crippen LogP contribution in [0.2, 0.25) is 0 Å². The molecule has 4 nitrogen and oxygen atoms in total. The number of rotatable bonds is 2. The van der Waals surface area contributed by atoms with Gasteiger partial charge >= 0.3 is 0 Å². The molecule has 17 heavy (non-hydrogen) atoms. The van der Waals surface area contributed by atoms with Crippen LogP contribution in [0, 0.1) is 11.7 Å². The van der Waals surface area contributed by atoms with E-state index < -0.39 is 11.4 Å². The third-order valence-corrected chi connectivity index (χ3v) is 3.71. The molecule has 5 heteroatoms. The van der Waals surface area contributed by atoms with Gasteiger partial charge in [0.2, 0.25) is 0 Å². The first-order valence-corrected chi connectivity index (χ1v) is 5.88. The lowest BCUT2D eigenvalue weighted by Crippen LogP contribution is -2.34. The van der Waals surface area contributed by atoms with Gasteiger partial charge in [-0.1, -0.05) is 0 Å². The van der Waals surface area contributed by atoms with Crippen LogP contribution in [0.3, 0.4) is 0 Å². The highest BCUT2D eigenvalue weighted by Crippen LogP contribution is 2.39. The summed E-state index contributed by atoms with van der Waals surface area (Å²) in [7, 11) is 0. The second-order valence-corrected chi connectivity index (χ2v) is 4.90. The second kappa shape index (κ2) is 3.92. The number of fused-ring (bicyclic) bond motifs is 1. The van der Waals surface area contributed by atoms with Crippen molar-refractivity contribution in [3.63, 3.8) is 0 Å². The summed E-state index contributed by atoms with van der Waals surface area (Å²) in [6.07, 6.45) is 2.65. The molecule has 2 N–H and O–H groups in total. The Hall–Kier alpha value is -1.20. The fourth-order valence-corrected chi connectivity index (χ4v) is 2.84. The molecule has 1 aromatic rings. The molecule has 0 bridgehead atoms. The van der Waals surface area contributed by atoms with E-state index in [0.29, 0.717) is 13.0 Å². The molecular formula is C12H15FN2O2. The molecule has 3 atom stereocenters. The molecule has 0 aromatic carbocycles. The topological polar surface area (TPSA) is 54.4 Å². The minimum atomic E-state index is -0.685. The highest BCUT2D eigenvalue weighted by Gasteiger charge is 2.50. The van der Waals surface area contributed by atoms with Crippen molar-refractivity contribution in [1.82, 2.24) is 10.3 Å². The number of hydrogen-bond acceptors (Lipinski definition) is 4. The van der Waals surface area contributed by atoms with E-state index in [-0.39, 0.29) is 17.9 Å². The van der Waals surface area contributed by atoms with Gasteiger partial charge in [-0.05, 0) is 18.6 Å². The molecule has 92 valence electrons. The third kappa shape index (κ3) is 1.89. The van der Waals surface area contributed by atoms with Crippen molar-refractivity contribution >= 4 is 0 Å². The zero-order valence-electron chi connectivity index (χ0n) is 9.40. The molecule has 2 heterocycles. The number of aromatic nitrogens is 1. The first kappa shape index (κ1) is 10.9. The molecular weight excluding hydrogens is 223 g/mol. The summed E-state index contributed by atoms with van der Waals surface area (Å²) < 4.78 is 18.9. The molecule has 1 saturated heterocycles. The Kier molecular flexibility index (Phi) is 2.52. The lowest BCUT2D eigenvalue weighted by molar-refractivity contribution is 0.0297. The fraction of sp³-hybridized carbons (Fsp3) is 0.583. The van der Waals surface area contributed by atoms with E-state index in [0.717, 1.165) is 13.0 Å². The van der Waals surface area contributed by atoms with Gasteiger partial charge in [-0.25, -0.2) is 9.37 Å². The molecule has 0 radical (unpaired) electrons. The Balaban J connectivity index is 1.71. The molecule has 0 amide bonds. The van der Waals surface area contributed by atoms with Crippen molar-refractivity contribution in [2.45, 2.75) is 24.5 Å². The van der Waals surface area contributed by atoms with Crippen LogP contribution >= 0.6 is 0 Å². The number of halogens is 1. The highest BCUT2D eigenvalue weighted by atomic mass is 19.1. The van der Waals surface area contributed by atoms with Crippen molar-refractivity contribution in [3.05, 3.63) is 24.1 Å². The molecule has 2 fully saturated rings. The van der Waals surface area contributed by atoms with Crippen LogP contribution in [0.25, 0.3) is 0 Å². The molecule has 3 rings (SSSR count). The maximum atomic E-state index is 13.4. The number of β-amino-alcohol motifs (C(OH)–C–C–N with tert-alkyl or cyclic N) is 1. The number of nitrogens with zero attached hydrogens (tertiary/aromatic N) is 1. The molecule has 0 spiro atoms. The van der Waals surface area contributed by atoms with Crippen molar-refractivity contribution < 1.29 is 14.2 Å². The van der Waals surface area contributed by atoms with E-state index in [1.807, 2.05) is 0 Å². The number of pyridine rings is 1. The lowest BCUT2D eigenvalue weighted by atomic mass is 9.95. The maximum absolute atomic E-state index is 13.4. The van der Waals surface area contributed by atoms with E-state index in [9.17, 15) is 9.50 Å². The van der Waals surface area contributed by atoms with Gasteiger partial charge in [0.1, 0.15) is 6.10 Å². The smallest absolute Gasteiger partial charge is 0.250 e. The lowest BCUT2D eigenvalue weighted by Gasteiger charge is -2.20. The van der Waals surface area contributed by atoms with Crippen LogP contribution in [-0.2, 0) is 0 Å². The minimum absolute atomic E-state index is 0.0361. The summed E-state index contributed by atoms with van der Waals surface area (Å²) in [4.78, 5) is 3.86. The second-order valence-electron chi connectivity index (χ2n) is 4.90. The van der Waals surface area contributed by atoms with E-state index in [1.54, 1.807) is 0 Å². The fourth-order valence-electron chi connectivity index (χ4n) is 2.84. The van der Waals surface area contributed by atoms with E-state index in [2.05, 4.69) is 10.3 Å².